The molecule has 1 atom stereocenters. The number of hydrogen-bond acceptors (Lipinski definition) is 3. The zero-order chi connectivity index (χ0) is 12.6. The van der Waals surface area contributed by atoms with Gasteiger partial charge in [-0.15, -0.1) is 0 Å². The lowest BCUT2D eigenvalue weighted by atomic mass is 9.96. The number of likely N-dealkylation sites (N-methyl/N-ethyl adjacent to an activating group) is 1. The molecule has 16 heavy (non-hydrogen) atoms. The van der Waals surface area contributed by atoms with Crippen molar-refractivity contribution in [2.24, 2.45) is 5.92 Å². The molecule has 0 aliphatic heterocycles. The third kappa shape index (κ3) is 6.38. The molecule has 0 aliphatic rings. The molecule has 0 amide bonds. The van der Waals surface area contributed by atoms with Crippen LogP contribution in [0.2, 0.25) is 0 Å². The van der Waals surface area contributed by atoms with Crippen molar-refractivity contribution in [3.8, 4) is 0 Å². The molecule has 0 radical (unpaired) electrons. The lowest BCUT2D eigenvalue weighted by Crippen LogP contribution is -2.49. The van der Waals surface area contributed by atoms with Gasteiger partial charge >= 0.3 is 5.97 Å². The molecule has 2 N–H and O–H groups in total. The Kier molecular flexibility index (Phi) is 7.85. The summed E-state index contributed by atoms with van der Waals surface area (Å²) in [5.74, 6) is 2.17. The number of rotatable bonds is 9. The van der Waals surface area contributed by atoms with Crippen LogP contribution in [-0.4, -0.2) is 34.7 Å². The molecule has 0 bridgehead atoms. The molecule has 0 fully saturated rings. The number of thioether (sulfide) groups is 1. The highest BCUT2D eigenvalue weighted by Crippen LogP contribution is 2.16. The first-order valence-corrected chi connectivity index (χ1v) is 7.14. The topological polar surface area (TPSA) is 49.3 Å². The van der Waals surface area contributed by atoms with Gasteiger partial charge in [-0.1, -0.05) is 20.8 Å². The average Bonchev–Trinajstić information content (AvgIpc) is 2.17. The summed E-state index contributed by atoms with van der Waals surface area (Å²) in [6.07, 6.45) is 1.65. The van der Waals surface area contributed by atoms with Crippen LogP contribution in [0.5, 0.6) is 0 Å². The van der Waals surface area contributed by atoms with Crippen LogP contribution >= 0.6 is 11.8 Å². The fourth-order valence-corrected chi connectivity index (χ4v) is 2.49. The summed E-state index contributed by atoms with van der Waals surface area (Å²) in [7, 11) is 0. The third-order valence-electron chi connectivity index (χ3n) is 2.46. The average molecular weight is 247 g/mol. The van der Waals surface area contributed by atoms with Crippen molar-refractivity contribution < 1.29 is 9.90 Å². The van der Waals surface area contributed by atoms with Gasteiger partial charge in [-0.25, -0.2) is 0 Å². The van der Waals surface area contributed by atoms with E-state index in [0.29, 0.717) is 18.9 Å². The number of carboxylic acids is 1. The van der Waals surface area contributed by atoms with Crippen LogP contribution in [0.4, 0.5) is 0 Å². The van der Waals surface area contributed by atoms with Gasteiger partial charge in [0.1, 0.15) is 5.54 Å². The van der Waals surface area contributed by atoms with E-state index in [1.54, 1.807) is 6.92 Å². The summed E-state index contributed by atoms with van der Waals surface area (Å²) in [4.78, 5) is 11.1. The molecular formula is C12H25NO2S. The Morgan fingerprint density at radius 1 is 1.50 bits per heavy atom. The van der Waals surface area contributed by atoms with E-state index in [-0.39, 0.29) is 0 Å². The highest BCUT2D eigenvalue weighted by molar-refractivity contribution is 7.99. The minimum atomic E-state index is -0.757. The second kappa shape index (κ2) is 7.96. The number of hydrogen-bond donors (Lipinski definition) is 2. The van der Waals surface area contributed by atoms with E-state index < -0.39 is 11.5 Å². The van der Waals surface area contributed by atoms with Crippen LogP contribution in [0.3, 0.4) is 0 Å². The lowest BCUT2D eigenvalue weighted by molar-refractivity contribution is -0.144. The largest absolute Gasteiger partial charge is 0.480 e. The number of carboxylic acid groups (broad SMARTS) is 1. The summed E-state index contributed by atoms with van der Waals surface area (Å²) in [5.41, 5.74) is -0.757. The van der Waals surface area contributed by atoms with Crippen molar-refractivity contribution in [3.05, 3.63) is 0 Å². The normalized spacial score (nSPS) is 15.1. The fourth-order valence-electron chi connectivity index (χ4n) is 1.51. The Labute approximate surface area is 103 Å². The van der Waals surface area contributed by atoms with Crippen molar-refractivity contribution in [2.75, 3.05) is 18.1 Å². The molecule has 0 aromatic heterocycles. The first-order valence-electron chi connectivity index (χ1n) is 5.98. The highest BCUT2D eigenvalue weighted by atomic mass is 32.2. The predicted molar refractivity (Wildman–Crippen MR) is 71.1 cm³/mol. The second-order valence-electron chi connectivity index (χ2n) is 4.74. The van der Waals surface area contributed by atoms with Crippen molar-refractivity contribution in [2.45, 2.75) is 46.1 Å². The van der Waals surface area contributed by atoms with Crippen LogP contribution in [0.25, 0.3) is 0 Å². The molecule has 0 aromatic rings. The van der Waals surface area contributed by atoms with Crippen LogP contribution in [0.1, 0.15) is 40.5 Å². The van der Waals surface area contributed by atoms with E-state index in [4.69, 9.17) is 5.11 Å². The van der Waals surface area contributed by atoms with Gasteiger partial charge in [0.25, 0.3) is 0 Å². The first-order chi connectivity index (χ1) is 7.42. The van der Waals surface area contributed by atoms with Gasteiger partial charge in [-0.3, -0.25) is 4.79 Å². The van der Waals surface area contributed by atoms with Crippen molar-refractivity contribution >= 4 is 17.7 Å². The highest BCUT2D eigenvalue weighted by Gasteiger charge is 2.30. The van der Waals surface area contributed by atoms with Crippen LogP contribution in [0, 0.1) is 5.92 Å². The quantitative estimate of drug-likeness (QED) is 0.615. The zero-order valence-corrected chi connectivity index (χ0v) is 11.7. The van der Waals surface area contributed by atoms with E-state index in [0.717, 1.165) is 17.9 Å². The van der Waals surface area contributed by atoms with E-state index in [9.17, 15) is 4.79 Å². The van der Waals surface area contributed by atoms with E-state index in [1.165, 1.54) is 0 Å². The number of nitrogens with one attached hydrogen (secondary N) is 1. The molecule has 0 aromatic carbocycles. The molecule has 0 spiro atoms. The molecular weight excluding hydrogens is 222 g/mol. The maximum absolute atomic E-state index is 11.1. The van der Waals surface area contributed by atoms with Gasteiger partial charge in [-0.2, -0.15) is 11.8 Å². The van der Waals surface area contributed by atoms with Gasteiger partial charge in [0.2, 0.25) is 0 Å². The van der Waals surface area contributed by atoms with Gasteiger partial charge in [0.05, 0.1) is 0 Å². The zero-order valence-electron chi connectivity index (χ0n) is 10.9. The van der Waals surface area contributed by atoms with Gasteiger partial charge in [0.15, 0.2) is 0 Å². The third-order valence-corrected chi connectivity index (χ3v) is 3.94. The minimum Gasteiger partial charge on any atom is -0.480 e. The fraction of sp³-hybridized carbons (Fsp3) is 0.917. The van der Waals surface area contributed by atoms with Crippen molar-refractivity contribution in [1.29, 1.82) is 0 Å². The summed E-state index contributed by atoms with van der Waals surface area (Å²) in [5, 5.41) is 12.2. The first kappa shape index (κ1) is 15.8. The SMILES string of the molecule is CCNC(C)(CCCSCC(C)C)C(=O)O. The molecule has 1 unspecified atom stereocenters. The Hall–Kier alpha value is -0.220. The lowest BCUT2D eigenvalue weighted by Gasteiger charge is -2.25. The smallest absolute Gasteiger partial charge is 0.323 e. The second-order valence-corrected chi connectivity index (χ2v) is 5.89. The standard InChI is InChI=1S/C12H25NO2S/c1-5-13-12(4,11(14)15)7-6-8-16-9-10(2)3/h10,13H,5-9H2,1-4H3,(H,14,15). The Morgan fingerprint density at radius 2 is 2.12 bits per heavy atom. The Balaban J connectivity index is 3.81. The van der Waals surface area contributed by atoms with Crippen LogP contribution in [-0.2, 0) is 4.79 Å². The van der Waals surface area contributed by atoms with Crippen molar-refractivity contribution in [1.82, 2.24) is 5.32 Å². The van der Waals surface area contributed by atoms with Gasteiger partial charge in [-0.05, 0) is 43.7 Å². The number of carbonyl (C=O) groups is 1. The van der Waals surface area contributed by atoms with Crippen molar-refractivity contribution in [3.63, 3.8) is 0 Å². The molecule has 0 heterocycles. The van der Waals surface area contributed by atoms with Gasteiger partial charge < -0.3 is 10.4 Å². The molecule has 0 saturated carbocycles. The molecule has 96 valence electrons. The molecule has 0 rings (SSSR count). The van der Waals surface area contributed by atoms with Gasteiger partial charge in [0, 0.05) is 0 Å². The summed E-state index contributed by atoms with van der Waals surface area (Å²) >= 11 is 1.91. The van der Waals surface area contributed by atoms with E-state index in [2.05, 4.69) is 19.2 Å². The molecule has 4 heteroatoms. The van der Waals surface area contributed by atoms with E-state index >= 15 is 0 Å². The predicted octanol–water partition coefficient (Wildman–Crippen LogP) is 2.61. The summed E-state index contributed by atoms with van der Waals surface area (Å²) < 4.78 is 0. The maximum atomic E-state index is 11.1. The minimum absolute atomic E-state index is 0.696. The maximum Gasteiger partial charge on any atom is 0.323 e. The summed E-state index contributed by atoms with van der Waals surface area (Å²) in [6.45, 7) is 8.81. The Morgan fingerprint density at radius 3 is 2.56 bits per heavy atom. The summed E-state index contributed by atoms with van der Waals surface area (Å²) in [6, 6.07) is 0. The molecule has 0 aliphatic carbocycles. The Bertz CT molecular complexity index is 209. The monoisotopic (exact) mass is 247 g/mol. The molecule has 3 nitrogen and oxygen atoms in total. The van der Waals surface area contributed by atoms with Crippen LogP contribution in [0.15, 0.2) is 0 Å². The van der Waals surface area contributed by atoms with Crippen LogP contribution < -0.4 is 5.32 Å². The van der Waals surface area contributed by atoms with E-state index in [1.807, 2.05) is 18.7 Å². The number of aliphatic carboxylic acids is 1. The molecule has 0 saturated heterocycles.